The van der Waals surface area contributed by atoms with Crippen molar-refractivity contribution >= 4 is 17.7 Å². The molecular weight excluding hydrogens is 310 g/mol. The minimum atomic E-state index is 0.558. The quantitative estimate of drug-likeness (QED) is 0.579. The normalized spacial score (nSPS) is 11.3. The smallest absolute Gasteiger partial charge is 0.227 e. The highest BCUT2D eigenvalue weighted by molar-refractivity contribution is 7.07. The maximum absolute atomic E-state index is 10.5. The summed E-state index contributed by atoms with van der Waals surface area (Å²) in [5.41, 5.74) is 5.39. The van der Waals surface area contributed by atoms with E-state index in [1.165, 1.54) is 11.3 Å². The molecule has 1 N–H and O–H groups in total. The Labute approximate surface area is 137 Å². The minimum absolute atomic E-state index is 0.558. The number of benzene rings is 2. The van der Waals surface area contributed by atoms with Gasteiger partial charge in [-0.1, -0.05) is 18.2 Å². The van der Waals surface area contributed by atoms with Crippen molar-refractivity contribution < 1.29 is 9.53 Å². The number of thiazole rings is 1. The van der Waals surface area contributed by atoms with Gasteiger partial charge in [-0.15, -0.1) is 16.4 Å². The summed E-state index contributed by atoms with van der Waals surface area (Å²) in [7, 11) is 1.64. The van der Waals surface area contributed by atoms with Crippen LogP contribution >= 0.6 is 11.3 Å². The molecule has 0 saturated carbocycles. The third-order valence-electron chi connectivity index (χ3n) is 3.32. The van der Waals surface area contributed by atoms with Gasteiger partial charge in [0, 0.05) is 11.1 Å². The number of nitrogens with one attached hydrogen (secondary N) is 1. The molecule has 0 atom stereocenters. The van der Waals surface area contributed by atoms with Gasteiger partial charge in [0.05, 0.1) is 12.8 Å². The third-order valence-corrected chi connectivity index (χ3v) is 4.15. The summed E-state index contributed by atoms with van der Waals surface area (Å²) >= 11 is 1.46. The lowest BCUT2D eigenvalue weighted by atomic mass is 10.1. The third kappa shape index (κ3) is 3.17. The van der Waals surface area contributed by atoms with Crippen molar-refractivity contribution in [1.82, 2.24) is 9.99 Å². The van der Waals surface area contributed by atoms with Crippen molar-refractivity contribution in [2.45, 2.75) is 0 Å². The summed E-state index contributed by atoms with van der Waals surface area (Å²) < 4.78 is 7.21. The molecule has 3 rings (SSSR count). The van der Waals surface area contributed by atoms with E-state index >= 15 is 0 Å². The largest absolute Gasteiger partial charge is 0.497 e. The molecular formula is C17H15N3O2S. The Morgan fingerprint density at radius 1 is 1.13 bits per heavy atom. The maximum atomic E-state index is 10.5. The molecule has 5 nitrogen and oxygen atoms in total. The first-order valence-electron chi connectivity index (χ1n) is 6.97. The summed E-state index contributed by atoms with van der Waals surface area (Å²) in [6, 6.07) is 17.7. The Morgan fingerprint density at radius 3 is 2.52 bits per heavy atom. The highest BCUT2D eigenvalue weighted by atomic mass is 32.1. The predicted octanol–water partition coefficient (Wildman–Crippen LogP) is 2.78. The summed E-state index contributed by atoms with van der Waals surface area (Å²) in [6.07, 6.45) is 0.558. The van der Waals surface area contributed by atoms with E-state index < -0.39 is 0 Å². The Balaban J connectivity index is 2.17. The lowest BCUT2D eigenvalue weighted by Crippen LogP contribution is -2.18. The molecule has 0 saturated heterocycles. The number of aromatic nitrogens is 1. The Bertz CT molecular complexity index is 852. The number of nitrogens with zero attached hydrogens (tertiary/aromatic N) is 2. The molecule has 0 radical (unpaired) electrons. The van der Waals surface area contributed by atoms with Crippen molar-refractivity contribution in [1.29, 1.82) is 0 Å². The Kier molecular flexibility index (Phi) is 4.54. The summed E-state index contributed by atoms with van der Waals surface area (Å²) in [4.78, 5) is 11.2. The Hall–Kier alpha value is -2.86. The van der Waals surface area contributed by atoms with Crippen LogP contribution in [0.25, 0.3) is 16.9 Å². The first-order chi connectivity index (χ1) is 11.3. The van der Waals surface area contributed by atoms with Gasteiger partial charge in [-0.25, -0.2) is 5.43 Å². The standard InChI is InChI=1S/C17H15N3O2S/c1-22-15-9-7-13(8-10-15)16-11-23-17(19-18-12-21)20(16)14-5-3-2-4-6-14/h2-12H,1H3,(H,18,21). The number of hydrogen-bond acceptors (Lipinski definition) is 4. The average Bonchev–Trinajstić information content (AvgIpc) is 3.04. The van der Waals surface area contributed by atoms with Crippen molar-refractivity contribution in [3.63, 3.8) is 0 Å². The van der Waals surface area contributed by atoms with Crippen LogP contribution in [0.15, 0.2) is 65.1 Å². The second kappa shape index (κ2) is 6.93. The molecule has 1 amide bonds. The summed E-state index contributed by atoms with van der Waals surface area (Å²) in [6.45, 7) is 0. The number of carbonyl (C=O) groups is 1. The molecule has 6 heteroatoms. The van der Waals surface area contributed by atoms with Crippen LogP contribution in [0.3, 0.4) is 0 Å². The van der Waals surface area contributed by atoms with E-state index in [1.54, 1.807) is 7.11 Å². The monoisotopic (exact) mass is 325 g/mol. The van der Waals surface area contributed by atoms with Gasteiger partial charge >= 0.3 is 0 Å². The SMILES string of the molecule is COc1ccc(-c2csc(=NNC=O)n2-c2ccccc2)cc1. The number of methoxy groups -OCH3 is 1. The van der Waals surface area contributed by atoms with Crippen LogP contribution in [-0.2, 0) is 4.79 Å². The van der Waals surface area contributed by atoms with Gasteiger partial charge in [-0.3, -0.25) is 9.36 Å². The number of ether oxygens (including phenoxy) is 1. The van der Waals surface area contributed by atoms with Crippen LogP contribution in [-0.4, -0.2) is 18.1 Å². The fourth-order valence-corrected chi connectivity index (χ4v) is 3.13. The van der Waals surface area contributed by atoms with Gasteiger partial charge in [-0.05, 0) is 42.0 Å². The molecule has 3 aromatic rings. The van der Waals surface area contributed by atoms with Gasteiger partial charge in [0.15, 0.2) is 0 Å². The first-order valence-corrected chi connectivity index (χ1v) is 7.84. The summed E-state index contributed by atoms with van der Waals surface area (Å²) in [5, 5.41) is 6.13. The molecule has 0 fully saturated rings. The molecule has 0 spiro atoms. The Morgan fingerprint density at radius 2 is 1.87 bits per heavy atom. The van der Waals surface area contributed by atoms with E-state index in [9.17, 15) is 4.79 Å². The van der Waals surface area contributed by atoms with Crippen LogP contribution in [0, 0.1) is 0 Å². The second-order valence-electron chi connectivity index (χ2n) is 4.66. The van der Waals surface area contributed by atoms with Crippen LogP contribution in [0.4, 0.5) is 0 Å². The lowest BCUT2D eigenvalue weighted by molar-refractivity contribution is -0.109. The maximum Gasteiger partial charge on any atom is 0.227 e. The predicted molar refractivity (Wildman–Crippen MR) is 90.4 cm³/mol. The van der Waals surface area contributed by atoms with Crippen molar-refractivity contribution in [3.05, 3.63) is 64.8 Å². The van der Waals surface area contributed by atoms with Crippen LogP contribution in [0.2, 0.25) is 0 Å². The van der Waals surface area contributed by atoms with Gasteiger partial charge < -0.3 is 4.74 Å². The number of rotatable bonds is 5. The second-order valence-corrected chi connectivity index (χ2v) is 5.50. The van der Waals surface area contributed by atoms with E-state index in [1.807, 2.05) is 64.5 Å². The number of hydrogen-bond donors (Lipinski definition) is 1. The molecule has 0 bridgehead atoms. The lowest BCUT2D eigenvalue weighted by Gasteiger charge is -2.09. The van der Waals surface area contributed by atoms with E-state index in [0.717, 1.165) is 22.7 Å². The fraction of sp³-hybridized carbons (Fsp3) is 0.0588. The van der Waals surface area contributed by atoms with Gasteiger partial charge in [0.25, 0.3) is 0 Å². The zero-order chi connectivity index (χ0) is 16.1. The topological polar surface area (TPSA) is 55.6 Å². The van der Waals surface area contributed by atoms with E-state index in [-0.39, 0.29) is 0 Å². The number of carbonyl (C=O) groups excluding carboxylic acids is 1. The average molecular weight is 325 g/mol. The zero-order valence-corrected chi connectivity index (χ0v) is 13.3. The van der Waals surface area contributed by atoms with E-state index in [2.05, 4.69) is 10.5 Å². The van der Waals surface area contributed by atoms with E-state index in [4.69, 9.17) is 4.74 Å². The fourth-order valence-electron chi connectivity index (χ4n) is 2.26. The molecule has 116 valence electrons. The molecule has 1 aromatic heterocycles. The van der Waals surface area contributed by atoms with Crippen LogP contribution < -0.4 is 15.0 Å². The molecule has 2 aromatic carbocycles. The van der Waals surface area contributed by atoms with Gasteiger partial charge in [-0.2, -0.15) is 0 Å². The van der Waals surface area contributed by atoms with Gasteiger partial charge in [0.2, 0.25) is 11.2 Å². The number of para-hydroxylation sites is 1. The van der Waals surface area contributed by atoms with Crippen LogP contribution in [0.1, 0.15) is 0 Å². The molecule has 0 aliphatic rings. The van der Waals surface area contributed by atoms with Crippen molar-refractivity contribution in [2.24, 2.45) is 5.10 Å². The molecule has 0 unspecified atom stereocenters. The summed E-state index contributed by atoms with van der Waals surface area (Å²) in [5.74, 6) is 0.808. The van der Waals surface area contributed by atoms with Gasteiger partial charge in [0.1, 0.15) is 5.75 Å². The van der Waals surface area contributed by atoms with E-state index in [0.29, 0.717) is 11.2 Å². The molecule has 1 heterocycles. The van der Waals surface area contributed by atoms with Crippen molar-refractivity contribution in [3.8, 4) is 22.7 Å². The highest BCUT2D eigenvalue weighted by Crippen LogP contribution is 2.25. The molecule has 23 heavy (non-hydrogen) atoms. The van der Waals surface area contributed by atoms with Crippen molar-refractivity contribution in [2.75, 3.05) is 7.11 Å². The number of amides is 1. The zero-order valence-electron chi connectivity index (χ0n) is 12.5. The highest BCUT2D eigenvalue weighted by Gasteiger charge is 2.10. The minimum Gasteiger partial charge on any atom is -0.497 e. The first kappa shape index (κ1) is 15.1. The van der Waals surface area contributed by atoms with Crippen LogP contribution in [0.5, 0.6) is 5.75 Å². The molecule has 0 aliphatic carbocycles. The molecule has 0 aliphatic heterocycles.